The maximum absolute atomic E-state index is 11.7. The van der Waals surface area contributed by atoms with Crippen LogP contribution in [0.3, 0.4) is 0 Å². The fourth-order valence-electron chi connectivity index (χ4n) is 2.36. The van der Waals surface area contributed by atoms with E-state index in [1.165, 1.54) is 0 Å². The molecule has 0 spiro atoms. The van der Waals surface area contributed by atoms with Crippen LogP contribution in [0.15, 0.2) is 59.5 Å². The van der Waals surface area contributed by atoms with Crippen LogP contribution in [-0.4, -0.2) is 24.2 Å². The predicted octanol–water partition coefficient (Wildman–Crippen LogP) is 3.12. The lowest BCUT2D eigenvalue weighted by Gasteiger charge is -2.09. The van der Waals surface area contributed by atoms with Crippen molar-refractivity contribution in [3.63, 3.8) is 0 Å². The second-order valence-corrected chi connectivity index (χ2v) is 4.92. The van der Waals surface area contributed by atoms with Crippen molar-refractivity contribution < 1.29 is 9.47 Å². The molecule has 0 amide bonds. The summed E-state index contributed by atoms with van der Waals surface area (Å²) < 4.78 is 10.3. The van der Waals surface area contributed by atoms with Crippen molar-refractivity contribution in [2.75, 3.05) is 14.2 Å². The summed E-state index contributed by atoms with van der Waals surface area (Å²) in [6, 6.07) is 15.1. The van der Waals surface area contributed by atoms with Gasteiger partial charge in [0.1, 0.15) is 11.5 Å². The van der Waals surface area contributed by atoms with Gasteiger partial charge in [-0.15, -0.1) is 0 Å². The van der Waals surface area contributed by atoms with Crippen LogP contribution in [0.1, 0.15) is 0 Å². The molecule has 116 valence electrons. The first-order valence-corrected chi connectivity index (χ1v) is 7.10. The topological polar surface area (TPSA) is 64.2 Å². The number of benzene rings is 2. The number of aromatic amines is 1. The standard InChI is InChI=1S/C18H16N2O3/c1-22-14-7-3-12(4-8-14)16-11-19-18(21)20-17(16)13-5-9-15(23-2)10-6-13/h3-11H,1-2H3,(H,19,20,21). The summed E-state index contributed by atoms with van der Waals surface area (Å²) in [6.45, 7) is 0. The Hall–Kier alpha value is -3.08. The molecule has 1 heterocycles. The minimum atomic E-state index is -0.381. The van der Waals surface area contributed by atoms with Gasteiger partial charge >= 0.3 is 5.69 Å². The summed E-state index contributed by atoms with van der Waals surface area (Å²) in [6.07, 6.45) is 1.68. The van der Waals surface area contributed by atoms with Gasteiger partial charge in [0, 0.05) is 17.3 Å². The summed E-state index contributed by atoms with van der Waals surface area (Å²) in [5.74, 6) is 1.53. The molecule has 5 heteroatoms. The maximum Gasteiger partial charge on any atom is 0.345 e. The lowest BCUT2D eigenvalue weighted by atomic mass is 10.0. The second kappa shape index (κ2) is 6.36. The first-order valence-electron chi connectivity index (χ1n) is 7.10. The highest BCUT2D eigenvalue weighted by atomic mass is 16.5. The van der Waals surface area contributed by atoms with Crippen LogP contribution in [0.4, 0.5) is 0 Å². The Morgan fingerprint density at radius 2 is 1.35 bits per heavy atom. The quantitative estimate of drug-likeness (QED) is 0.804. The van der Waals surface area contributed by atoms with E-state index in [0.717, 1.165) is 28.2 Å². The summed E-state index contributed by atoms with van der Waals surface area (Å²) in [5.41, 5.74) is 2.88. The Balaban J connectivity index is 2.11. The van der Waals surface area contributed by atoms with E-state index in [1.54, 1.807) is 20.4 Å². The number of rotatable bonds is 4. The molecule has 1 aromatic heterocycles. The number of nitrogens with zero attached hydrogens (tertiary/aromatic N) is 1. The summed E-state index contributed by atoms with van der Waals surface area (Å²) in [7, 11) is 3.24. The molecule has 0 saturated heterocycles. The van der Waals surface area contributed by atoms with Crippen molar-refractivity contribution in [1.29, 1.82) is 0 Å². The highest BCUT2D eigenvalue weighted by molar-refractivity contribution is 5.80. The SMILES string of the molecule is COc1ccc(-c2c[nH]c(=O)nc2-c2ccc(OC)cc2)cc1. The van der Waals surface area contributed by atoms with Crippen LogP contribution in [0.5, 0.6) is 11.5 Å². The zero-order chi connectivity index (χ0) is 16.2. The van der Waals surface area contributed by atoms with Gasteiger partial charge in [0.05, 0.1) is 19.9 Å². The molecule has 0 fully saturated rings. The number of aromatic nitrogens is 2. The average molecular weight is 308 g/mol. The van der Waals surface area contributed by atoms with Crippen LogP contribution in [0.2, 0.25) is 0 Å². The highest BCUT2D eigenvalue weighted by Crippen LogP contribution is 2.30. The van der Waals surface area contributed by atoms with Gasteiger partial charge in [-0.2, -0.15) is 4.98 Å². The lowest BCUT2D eigenvalue weighted by Crippen LogP contribution is -2.11. The first kappa shape index (κ1) is 14.8. The molecular weight excluding hydrogens is 292 g/mol. The molecule has 0 saturated carbocycles. The van der Waals surface area contributed by atoms with Gasteiger partial charge in [0.25, 0.3) is 0 Å². The summed E-state index contributed by atoms with van der Waals surface area (Å²) in [4.78, 5) is 18.4. The monoisotopic (exact) mass is 308 g/mol. The van der Waals surface area contributed by atoms with Crippen molar-refractivity contribution in [2.24, 2.45) is 0 Å². The molecule has 0 atom stereocenters. The number of H-pyrrole nitrogens is 1. The van der Waals surface area contributed by atoms with Crippen molar-refractivity contribution in [3.05, 3.63) is 65.2 Å². The lowest BCUT2D eigenvalue weighted by molar-refractivity contribution is 0.414. The Labute approximate surface area is 133 Å². The number of methoxy groups -OCH3 is 2. The molecule has 0 bridgehead atoms. The molecule has 0 aliphatic heterocycles. The Kier molecular flexibility index (Phi) is 4.10. The molecular formula is C18H16N2O3. The molecule has 5 nitrogen and oxygen atoms in total. The summed E-state index contributed by atoms with van der Waals surface area (Å²) in [5, 5.41) is 0. The first-order chi connectivity index (χ1) is 11.2. The molecule has 0 radical (unpaired) electrons. The predicted molar refractivity (Wildman–Crippen MR) is 88.8 cm³/mol. The Bertz CT molecular complexity index is 853. The Morgan fingerprint density at radius 3 is 1.87 bits per heavy atom. The molecule has 3 rings (SSSR count). The maximum atomic E-state index is 11.7. The van der Waals surface area contributed by atoms with Crippen LogP contribution in [-0.2, 0) is 0 Å². The second-order valence-electron chi connectivity index (χ2n) is 4.92. The third-order valence-corrected chi connectivity index (χ3v) is 3.57. The molecule has 1 N–H and O–H groups in total. The van der Waals surface area contributed by atoms with E-state index in [1.807, 2.05) is 48.5 Å². The van der Waals surface area contributed by atoms with Crippen molar-refractivity contribution in [1.82, 2.24) is 9.97 Å². The van der Waals surface area contributed by atoms with E-state index < -0.39 is 0 Å². The molecule has 23 heavy (non-hydrogen) atoms. The molecule has 3 aromatic rings. The Morgan fingerprint density at radius 1 is 0.826 bits per heavy atom. The largest absolute Gasteiger partial charge is 0.497 e. The van der Waals surface area contributed by atoms with Gasteiger partial charge in [-0.1, -0.05) is 12.1 Å². The third kappa shape index (κ3) is 3.08. The minimum absolute atomic E-state index is 0.381. The van der Waals surface area contributed by atoms with Crippen LogP contribution < -0.4 is 15.2 Å². The normalized spacial score (nSPS) is 10.3. The minimum Gasteiger partial charge on any atom is -0.497 e. The molecule has 0 aliphatic carbocycles. The zero-order valence-electron chi connectivity index (χ0n) is 12.9. The number of hydrogen-bond acceptors (Lipinski definition) is 4. The van der Waals surface area contributed by atoms with Crippen molar-refractivity contribution >= 4 is 0 Å². The van der Waals surface area contributed by atoms with E-state index >= 15 is 0 Å². The zero-order valence-corrected chi connectivity index (χ0v) is 12.9. The van der Waals surface area contributed by atoms with Crippen molar-refractivity contribution in [2.45, 2.75) is 0 Å². The highest BCUT2D eigenvalue weighted by Gasteiger charge is 2.10. The fraction of sp³-hybridized carbons (Fsp3) is 0.111. The van der Waals surface area contributed by atoms with Gasteiger partial charge in [0.2, 0.25) is 0 Å². The third-order valence-electron chi connectivity index (χ3n) is 3.57. The van der Waals surface area contributed by atoms with Crippen LogP contribution >= 0.6 is 0 Å². The van der Waals surface area contributed by atoms with Crippen molar-refractivity contribution in [3.8, 4) is 33.9 Å². The fourth-order valence-corrected chi connectivity index (χ4v) is 2.36. The molecule has 0 unspecified atom stereocenters. The van der Waals surface area contributed by atoms with Crippen LogP contribution in [0, 0.1) is 0 Å². The van der Waals surface area contributed by atoms with Gasteiger partial charge < -0.3 is 14.5 Å². The number of ether oxygens (including phenoxy) is 2. The average Bonchev–Trinajstić information content (AvgIpc) is 2.62. The van der Waals surface area contributed by atoms with Gasteiger partial charge in [0.15, 0.2) is 0 Å². The van der Waals surface area contributed by atoms with Gasteiger partial charge in [-0.3, -0.25) is 0 Å². The van der Waals surface area contributed by atoms with E-state index in [4.69, 9.17) is 9.47 Å². The van der Waals surface area contributed by atoms with E-state index in [-0.39, 0.29) is 5.69 Å². The van der Waals surface area contributed by atoms with Gasteiger partial charge in [-0.25, -0.2) is 4.79 Å². The van der Waals surface area contributed by atoms with E-state index in [2.05, 4.69) is 9.97 Å². The molecule has 2 aromatic carbocycles. The number of hydrogen-bond donors (Lipinski definition) is 1. The molecule has 0 aliphatic rings. The summed E-state index contributed by atoms with van der Waals surface area (Å²) >= 11 is 0. The smallest absolute Gasteiger partial charge is 0.345 e. The van der Waals surface area contributed by atoms with Crippen LogP contribution in [0.25, 0.3) is 22.4 Å². The number of nitrogens with one attached hydrogen (secondary N) is 1. The van der Waals surface area contributed by atoms with E-state index in [0.29, 0.717) is 5.69 Å². The van der Waals surface area contributed by atoms with Gasteiger partial charge in [-0.05, 0) is 42.0 Å². The van der Waals surface area contributed by atoms with E-state index in [9.17, 15) is 4.79 Å².